The summed E-state index contributed by atoms with van der Waals surface area (Å²) in [5, 5.41) is 16.3. The minimum atomic E-state index is -0.533. The zero-order chi connectivity index (χ0) is 15.2. The van der Waals surface area contributed by atoms with E-state index in [1.165, 1.54) is 12.1 Å². The molecule has 0 spiro atoms. The molecule has 1 aromatic carbocycles. The predicted octanol–water partition coefficient (Wildman–Crippen LogP) is 2.48. The van der Waals surface area contributed by atoms with Gasteiger partial charge in [-0.1, -0.05) is 12.1 Å². The van der Waals surface area contributed by atoms with E-state index in [-0.39, 0.29) is 29.9 Å². The molecule has 2 rings (SSSR count). The Balaban J connectivity index is 1.92. The number of carbonyl (C=O) groups is 1. The molecular weight excluding hydrogens is 274 g/mol. The van der Waals surface area contributed by atoms with E-state index < -0.39 is 4.92 Å². The number of nitrogens with zero attached hydrogens (tertiary/aromatic N) is 1. The van der Waals surface area contributed by atoms with Crippen LogP contribution in [-0.4, -0.2) is 17.4 Å². The molecule has 1 aromatic heterocycles. The van der Waals surface area contributed by atoms with Gasteiger partial charge in [0, 0.05) is 6.07 Å². The summed E-state index contributed by atoms with van der Waals surface area (Å²) >= 11 is 0. The number of nitrogens with one attached hydrogen (secondary N) is 2. The first-order chi connectivity index (χ1) is 10.1. The lowest BCUT2D eigenvalue weighted by Gasteiger charge is -2.11. The number of rotatable bonds is 6. The molecule has 0 aliphatic carbocycles. The fourth-order valence-corrected chi connectivity index (χ4v) is 1.82. The molecule has 1 heterocycles. The number of nitro groups is 1. The van der Waals surface area contributed by atoms with E-state index in [4.69, 9.17) is 4.42 Å². The Labute approximate surface area is 121 Å². The van der Waals surface area contributed by atoms with Crippen LogP contribution in [0.5, 0.6) is 0 Å². The van der Waals surface area contributed by atoms with Crippen LogP contribution in [0.4, 0.5) is 11.4 Å². The van der Waals surface area contributed by atoms with Crippen LogP contribution in [0.1, 0.15) is 18.7 Å². The molecule has 2 aromatic rings. The average Bonchev–Trinajstić information content (AvgIpc) is 2.99. The van der Waals surface area contributed by atoms with Crippen LogP contribution in [0.3, 0.4) is 0 Å². The SMILES string of the molecule is C[C@@H](NCC(=O)Nc1ccccc1[N+](=O)[O-])c1ccco1. The second kappa shape index (κ2) is 6.67. The van der Waals surface area contributed by atoms with Gasteiger partial charge >= 0.3 is 0 Å². The van der Waals surface area contributed by atoms with Crippen molar-refractivity contribution in [3.05, 3.63) is 58.5 Å². The van der Waals surface area contributed by atoms with Gasteiger partial charge in [0.2, 0.25) is 5.91 Å². The molecule has 0 aliphatic rings. The molecule has 1 atom stereocenters. The molecule has 0 bridgehead atoms. The molecule has 21 heavy (non-hydrogen) atoms. The van der Waals surface area contributed by atoms with E-state index in [0.717, 1.165) is 0 Å². The quantitative estimate of drug-likeness (QED) is 0.629. The topological polar surface area (TPSA) is 97.4 Å². The summed E-state index contributed by atoms with van der Waals surface area (Å²) in [7, 11) is 0. The van der Waals surface area contributed by atoms with Crippen molar-refractivity contribution >= 4 is 17.3 Å². The van der Waals surface area contributed by atoms with Crippen molar-refractivity contribution in [1.82, 2.24) is 5.32 Å². The lowest BCUT2D eigenvalue weighted by Crippen LogP contribution is -2.30. The number of hydrogen-bond acceptors (Lipinski definition) is 5. The predicted molar refractivity (Wildman–Crippen MR) is 76.9 cm³/mol. The number of carbonyl (C=O) groups excluding carboxylic acids is 1. The van der Waals surface area contributed by atoms with E-state index in [1.54, 1.807) is 30.5 Å². The lowest BCUT2D eigenvalue weighted by molar-refractivity contribution is -0.383. The Kier molecular flexibility index (Phi) is 4.68. The number of furan rings is 1. The molecule has 7 heteroatoms. The molecule has 7 nitrogen and oxygen atoms in total. The molecule has 2 N–H and O–H groups in total. The van der Waals surface area contributed by atoms with Crippen LogP contribution in [0.25, 0.3) is 0 Å². The maximum atomic E-state index is 11.8. The van der Waals surface area contributed by atoms with Gasteiger partial charge in [0.1, 0.15) is 11.4 Å². The first kappa shape index (κ1) is 14.7. The molecule has 110 valence electrons. The molecule has 1 amide bonds. The number of nitro benzene ring substituents is 1. The fraction of sp³-hybridized carbons (Fsp3) is 0.214. The van der Waals surface area contributed by atoms with Gasteiger partial charge in [-0.25, -0.2) is 0 Å². The van der Waals surface area contributed by atoms with E-state index in [0.29, 0.717) is 5.76 Å². The smallest absolute Gasteiger partial charge is 0.292 e. The normalized spacial score (nSPS) is 11.9. The van der Waals surface area contributed by atoms with Crippen LogP contribution in [0.2, 0.25) is 0 Å². The highest BCUT2D eigenvalue weighted by atomic mass is 16.6. The number of anilines is 1. The summed E-state index contributed by atoms with van der Waals surface area (Å²) in [4.78, 5) is 22.2. The van der Waals surface area contributed by atoms with E-state index >= 15 is 0 Å². The largest absolute Gasteiger partial charge is 0.468 e. The molecule has 0 saturated heterocycles. The third-order valence-electron chi connectivity index (χ3n) is 2.91. The van der Waals surface area contributed by atoms with Crippen molar-refractivity contribution in [1.29, 1.82) is 0 Å². The third kappa shape index (κ3) is 3.90. The van der Waals surface area contributed by atoms with Crippen LogP contribution >= 0.6 is 0 Å². The summed E-state index contributed by atoms with van der Waals surface area (Å²) in [6.07, 6.45) is 1.56. The monoisotopic (exact) mass is 289 g/mol. The summed E-state index contributed by atoms with van der Waals surface area (Å²) < 4.78 is 5.21. The maximum absolute atomic E-state index is 11.8. The van der Waals surface area contributed by atoms with Gasteiger partial charge in [0.05, 0.1) is 23.8 Å². The van der Waals surface area contributed by atoms with Gasteiger partial charge in [0.15, 0.2) is 0 Å². The van der Waals surface area contributed by atoms with Crippen molar-refractivity contribution in [3.8, 4) is 0 Å². The summed E-state index contributed by atoms with van der Waals surface area (Å²) in [6, 6.07) is 9.45. The highest BCUT2D eigenvalue weighted by Crippen LogP contribution is 2.22. The van der Waals surface area contributed by atoms with Gasteiger partial charge in [-0.15, -0.1) is 0 Å². The number of para-hydroxylation sites is 2. The van der Waals surface area contributed by atoms with Gasteiger partial charge in [-0.2, -0.15) is 0 Å². The maximum Gasteiger partial charge on any atom is 0.292 e. The Morgan fingerprint density at radius 2 is 2.10 bits per heavy atom. The molecule has 0 saturated carbocycles. The fourth-order valence-electron chi connectivity index (χ4n) is 1.82. The molecule has 0 radical (unpaired) electrons. The number of benzene rings is 1. The van der Waals surface area contributed by atoms with Crippen molar-refractivity contribution < 1.29 is 14.1 Å². The van der Waals surface area contributed by atoms with E-state index in [1.807, 2.05) is 6.92 Å². The highest BCUT2D eigenvalue weighted by Gasteiger charge is 2.15. The Morgan fingerprint density at radius 3 is 2.76 bits per heavy atom. The summed E-state index contributed by atoms with van der Waals surface area (Å²) in [5.74, 6) is 0.358. The third-order valence-corrected chi connectivity index (χ3v) is 2.91. The summed E-state index contributed by atoms with van der Waals surface area (Å²) in [5.41, 5.74) is 0.0462. The highest BCUT2D eigenvalue weighted by molar-refractivity contribution is 5.94. The minimum Gasteiger partial charge on any atom is -0.468 e. The zero-order valence-electron chi connectivity index (χ0n) is 11.4. The second-order valence-corrected chi connectivity index (χ2v) is 4.44. The van der Waals surface area contributed by atoms with Crippen molar-refractivity contribution in [2.45, 2.75) is 13.0 Å². The molecule has 0 fully saturated rings. The number of amides is 1. The van der Waals surface area contributed by atoms with Crippen molar-refractivity contribution in [2.75, 3.05) is 11.9 Å². The lowest BCUT2D eigenvalue weighted by atomic mass is 10.2. The van der Waals surface area contributed by atoms with Gasteiger partial charge in [-0.05, 0) is 25.1 Å². The van der Waals surface area contributed by atoms with E-state index in [2.05, 4.69) is 10.6 Å². The average molecular weight is 289 g/mol. The number of hydrogen-bond donors (Lipinski definition) is 2. The second-order valence-electron chi connectivity index (χ2n) is 4.44. The summed E-state index contributed by atoms with van der Waals surface area (Å²) in [6.45, 7) is 1.88. The minimum absolute atomic E-state index is 0.0217. The van der Waals surface area contributed by atoms with Crippen LogP contribution in [0.15, 0.2) is 47.1 Å². The van der Waals surface area contributed by atoms with Crippen molar-refractivity contribution in [3.63, 3.8) is 0 Å². The van der Waals surface area contributed by atoms with E-state index in [9.17, 15) is 14.9 Å². The van der Waals surface area contributed by atoms with Crippen LogP contribution in [0, 0.1) is 10.1 Å². The van der Waals surface area contributed by atoms with Gasteiger partial charge in [0.25, 0.3) is 5.69 Å². The molecule has 0 unspecified atom stereocenters. The van der Waals surface area contributed by atoms with Crippen molar-refractivity contribution in [2.24, 2.45) is 0 Å². The first-order valence-electron chi connectivity index (χ1n) is 6.38. The molecular formula is C14H15N3O4. The Hall–Kier alpha value is -2.67. The molecule has 0 aliphatic heterocycles. The van der Waals surface area contributed by atoms with Gasteiger partial charge < -0.3 is 9.73 Å². The first-order valence-corrected chi connectivity index (χ1v) is 6.38. The van der Waals surface area contributed by atoms with Crippen LogP contribution < -0.4 is 10.6 Å². The Bertz CT molecular complexity index is 625. The standard InChI is InChI=1S/C14H15N3O4/c1-10(13-7-4-8-21-13)15-9-14(18)16-11-5-2-3-6-12(11)17(19)20/h2-8,10,15H,9H2,1H3,(H,16,18)/t10-/m1/s1. The zero-order valence-corrected chi connectivity index (χ0v) is 11.4. The van der Waals surface area contributed by atoms with Gasteiger partial charge in [-0.3, -0.25) is 20.2 Å². The van der Waals surface area contributed by atoms with Crippen LogP contribution in [-0.2, 0) is 4.79 Å². The Morgan fingerprint density at radius 1 is 1.33 bits per heavy atom.